The third-order valence-electron chi connectivity index (χ3n) is 3.99. The molecule has 0 amide bonds. The fraction of sp³-hybridized carbons (Fsp3) is 0.211. The van der Waals surface area contributed by atoms with E-state index in [2.05, 4.69) is 10.2 Å². The van der Waals surface area contributed by atoms with Crippen molar-refractivity contribution in [3.05, 3.63) is 76.0 Å². The number of carbonyl (C=O) groups is 1. The number of nitrogens with zero attached hydrogens (tertiary/aromatic N) is 2. The van der Waals surface area contributed by atoms with Gasteiger partial charge < -0.3 is 14.4 Å². The van der Waals surface area contributed by atoms with Gasteiger partial charge in [0.2, 0.25) is 5.43 Å². The lowest BCUT2D eigenvalue weighted by atomic mass is 10.1. The van der Waals surface area contributed by atoms with E-state index >= 15 is 0 Å². The molecule has 134 valence electrons. The largest absolute Gasteiger partial charge is 0.477 e. The van der Waals surface area contributed by atoms with Gasteiger partial charge in [0.05, 0.1) is 11.9 Å². The number of para-hydroxylation sites is 1. The summed E-state index contributed by atoms with van der Waals surface area (Å²) in [5.74, 6) is -0.847. The third-order valence-corrected chi connectivity index (χ3v) is 3.99. The zero-order valence-electron chi connectivity index (χ0n) is 14.5. The highest BCUT2D eigenvalue weighted by atomic mass is 16.5. The minimum absolute atomic E-state index is 0.0267. The molecule has 0 aliphatic heterocycles. The van der Waals surface area contributed by atoms with Crippen molar-refractivity contribution in [1.29, 1.82) is 0 Å². The lowest BCUT2D eigenvalue weighted by molar-refractivity contribution is 0.0694. The molecule has 0 fully saturated rings. The first-order valence-electron chi connectivity index (χ1n) is 8.17. The number of carboxylic acids is 1. The van der Waals surface area contributed by atoms with Crippen LogP contribution in [-0.4, -0.2) is 25.8 Å². The van der Waals surface area contributed by atoms with Crippen molar-refractivity contribution < 1.29 is 14.6 Å². The van der Waals surface area contributed by atoms with Gasteiger partial charge in [0.1, 0.15) is 11.3 Å². The van der Waals surface area contributed by atoms with Crippen LogP contribution in [0.4, 0.5) is 0 Å². The van der Waals surface area contributed by atoms with E-state index in [0.717, 1.165) is 11.4 Å². The maximum atomic E-state index is 12.4. The molecule has 1 atom stereocenters. The van der Waals surface area contributed by atoms with E-state index in [1.165, 1.54) is 12.4 Å². The highest BCUT2D eigenvalue weighted by molar-refractivity contribution is 5.87. The number of hydrogen-bond acceptors (Lipinski definition) is 4. The van der Waals surface area contributed by atoms with Crippen LogP contribution in [0.3, 0.4) is 0 Å². The number of carboxylic acid groups (broad SMARTS) is 1. The van der Waals surface area contributed by atoms with Crippen LogP contribution in [0.1, 0.15) is 34.7 Å². The number of aromatic nitrogens is 3. The van der Waals surface area contributed by atoms with E-state index in [9.17, 15) is 14.7 Å². The minimum atomic E-state index is -1.29. The lowest BCUT2D eigenvalue weighted by Crippen LogP contribution is -2.21. The molecule has 0 spiro atoms. The Morgan fingerprint density at radius 3 is 2.65 bits per heavy atom. The zero-order chi connectivity index (χ0) is 18.7. The summed E-state index contributed by atoms with van der Waals surface area (Å²) in [5.41, 5.74) is 0.825. The van der Waals surface area contributed by atoms with E-state index in [1.54, 1.807) is 28.8 Å². The van der Waals surface area contributed by atoms with Crippen LogP contribution < -0.4 is 10.2 Å². The molecule has 0 bridgehead atoms. The maximum Gasteiger partial charge on any atom is 0.341 e. The van der Waals surface area contributed by atoms with E-state index in [-0.39, 0.29) is 17.4 Å². The molecule has 1 aromatic carbocycles. The maximum absolute atomic E-state index is 12.4. The number of benzene rings is 1. The summed E-state index contributed by atoms with van der Waals surface area (Å²) in [6.07, 6.45) is 3.45. The Morgan fingerprint density at radius 1 is 1.31 bits per heavy atom. The average molecular weight is 353 g/mol. The summed E-state index contributed by atoms with van der Waals surface area (Å²) < 4.78 is 7.30. The van der Waals surface area contributed by atoms with Gasteiger partial charge in [-0.3, -0.25) is 9.89 Å². The number of H-pyrrole nitrogens is 1. The number of aromatic amines is 1. The topological polar surface area (TPSA) is 97.2 Å². The van der Waals surface area contributed by atoms with Crippen LogP contribution in [0.2, 0.25) is 0 Å². The van der Waals surface area contributed by atoms with Crippen molar-refractivity contribution in [3.63, 3.8) is 0 Å². The molecule has 0 saturated heterocycles. The molecule has 2 aromatic heterocycles. The van der Waals surface area contributed by atoms with Crippen LogP contribution in [0, 0.1) is 6.92 Å². The van der Waals surface area contributed by atoms with Gasteiger partial charge in [-0.1, -0.05) is 18.2 Å². The molecule has 0 radical (unpaired) electrons. The van der Waals surface area contributed by atoms with Gasteiger partial charge in [-0.2, -0.15) is 5.10 Å². The second-order valence-corrected chi connectivity index (χ2v) is 6.13. The molecule has 0 aliphatic rings. The van der Waals surface area contributed by atoms with Crippen molar-refractivity contribution in [3.8, 4) is 11.5 Å². The Balaban J connectivity index is 1.96. The Morgan fingerprint density at radius 2 is 2.04 bits per heavy atom. The Kier molecular flexibility index (Phi) is 4.88. The van der Waals surface area contributed by atoms with Gasteiger partial charge in [-0.05, 0) is 32.0 Å². The predicted molar refractivity (Wildman–Crippen MR) is 95.9 cm³/mol. The summed E-state index contributed by atoms with van der Waals surface area (Å²) in [6.45, 7) is 3.83. The lowest BCUT2D eigenvalue weighted by Gasteiger charge is -2.17. The second-order valence-electron chi connectivity index (χ2n) is 6.13. The molecular weight excluding hydrogens is 334 g/mol. The van der Waals surface area contributed by atoms with Gasteiger partial charge >= 0.3 is 5.97 Å². The highest BCUT2D eigenvalue weighted by Crippen LogP contribution is 2.21. The first-order chi connectivity index (χ1) is 12.4. The van der Waals surface area contributed by atoms with Gasteiger partial charge in [0, 0.05) is 24.4 Å². The van der Waals surface area contributed by atoms with Gasteiger partial charge in [0.15, 0.2) is 5.75 Å². The minimum Gasteiger partial charge on any atom is -0.477 e. The fourth-order valence-corrected chi connectivity index (χ4v) is 2.65. The van der Waals surface area contributed by atoms with Crippen molar-refractivity contribution in [2.45, 2.75) is 26.3 Å². The molecule has 0 saturated carbocycles. The van der Waals surface area contributed by atoms with Crippen LogP contribution in [-0.2, 0) is 6.42 Å². The first kappa shape index (κ1) is 17.5. The van der Waals surface area contributed by atoms with E-state index < -0.39 is 11.4 Å². The number of rotatable bonds is 6. The number of aryl methyl sites for hydroxylation is 1. The molecule has 0 aliphatic carbocycles. The zero-order valence-corrected chi connectivity index (χ0v) is 14.5. The number of ether oxygens (including phenoxy) is 1. The number of hydrogen-bond donors (Lipinski definition) is 2. The normalized spacial score (nSPS) is 11.9. The molecule has 3 aromatic rings. The van der Waals surface area contributed by atoms with Gasteiger partial charge in [0.25, 0.3) is 0 Å². The summed E-state index contributed by atoms with van der Waals surface area (Å²) in [7, 11) is 0. The van der Waals surface area contributed by atoms with Crippen LogP contribution in [0.25, 0.3) is 0 Å². The molecule has 0 unspecified atom stereocenters. The van der Waals surface area contributed by atoms with Crippen LogP contribution in [0.5, 0.6) is 11.5 Å². The SMILES string of the molecule is Cc1cc(C[C@H](C)n2cc(Oc3ccccc3)c(=O)c(C(=O)O)c2)n[nH]1. The quantitative estimate of drug-likeness (QED) is 0.709. The molecule has 26 heavy (non-hydrogen) atoms. The standard InChI is InChI=1S/C19H19N3O4/c1-12-8-14(21-20-12)9-13(2)22-10-16(19(24)25)18(23)17(11-22)26-15-6-4-3-5-7-15/h3-8,10-11,13H,9H2,1-2H3,(H,20,21)(H,24,25)/t13-/m0/s1. The molecule has 2 N–H and O–H groups in total. The molecule has 3 rings (SSSR count). The molecule has 7 heteroatoms. The van der Waals surface area contributed by atoms with Gasteiger partial charge in [-0.25, -0.2) is 4.79 Å². The molecular formula is C19H19N3O4. The highest BCUT2D eigenvalue weighted by Gasteiger charge is 2.18. The number of aromatic carboxylic acids is 1. The van der Waals surface area contributed by atoms with Crippen molar-refractivity contribution in [1.82, 2.24) is 14.8 Å². The van der Waals surface area contributed by atoms with Crippen molar-refractivity contribution >= 4 is 5.97 Å². The monoisotopic (exact) mass is 353 g/mol. The fourth-order valence-electron chi connectivity index (χ4n) is 2.65. The Bertz CT molecular complexity index is 976. The van der Waals surface area contributed by atoms with E-state index in [4.69, 9.17) is 4.74 Å². The Hall–Kier alpha value is -3.35. The smallest absolute Gasteiger partial charge is 0.341 e. The van der Waals surface area contributed by atoms with Crippen molar-refractivity contribution in [2.75, 3.05) is 0 Å². The summed E-state index contributed by atoms with van der Waals surface area (Å²) in [6, 6.07) is 10.6. The van der Waals surface area contributed by atoms with E-state index in [0.29, 0.717) is 12.2 Å². The van der Waals surface area contributed by atoms with Gasteiger partial charge in [-0.15, -0.1) is 0 Å². The number of nitrogens with one attached hydrogen (secondary N) is 1. The predicted octanol–water partition coefficient (Wildman–Crippen LogP) is 3.17. The Labute approximate surface area is 149 Å². The molecule has 7 nitrogen and oxygen atoms in total. The second kappa shape index (κ2) is 7.26. The first-order valence-corrected chi connectivity index (χ1v) is 8.17. The van der Waals surface area contributed by atoms with E-state index in [1.807, 2.05) is 26.0 Å². The summed E-state index contributed by atoms with van der Waals surface area (Å²) >= 11 is 0. The van der Waals surface area contributed by atoms with Crippen LogP contribution in [0.15, 0.2) is 53.6 Å². The average Bonchev–Trinajstić information content (AvgIpc) is 3.02. The molecule has 2 heterocycles. The van der Waals surface area contributed by atoms with Crippen molar-refractivity contribution in [2.24, 2.45) is 0 Å². The third kappa shape index (κ3) is 3.83. The number of pyridine rings is 1. The summed E-state index contributed by atoms with van der Waals surface area (Å²) in [5, 5.41) is 16.4. The summed E-state index contributed by atoms with van der Waals surface area (Å²) in [4.78, 5) is 23.9. The van der Waals surface area contributed by atoms with Crippen LogP contribution >= 0.6 is 0 Å².